The average Bonchev–Trinajstić information content (AvgIpc) is 3.41. The molecule has 1 aromatic rings. The molecule has 1 heterocycles. The molecule has 0 bridgehead atoms. The fraction of sp³-hybridized carbons (Fsp3) is 0.591. The third-order valence-corrected chi connectivity index (χ3v) is 5.75. The summed E-state index contributed by atoms with van der Waals surface area (Å²) in [4.78, 5) is 15.8. The van der Waals surface area contributed by atoms with Crippen molar-refractivity contribution in [3.05, 3.63) is 41.5 Å². The number of amides is 1. The lowest BCUT2D eigenvalue weighted by Gasteiger charge is -2.32. The van der Waals surface area contributed by atoms with Gasteiger partial charge in [-0.3, -0.25) is 4.79 Å². The molecule has 1 aromatic carbocycles. The summed E-state index contributed by atoms with van der Waals surface area (Å²) >= 11 is 0. The van der Waals surface area contributed by atoms with Gasteiger partial charge < -0.3 is 15.1 Å². The molecular weight excluding hydrogens is 393 g/mol. The first kappa shape index (κ1) is 25.0. The van der Waals surface area contributed by atoms with Crippen molar-refractivity contribution in [2.24, 2.45) is 5.92 Å². The summed E-state index contributed by atoms with van der Waals surface area (Å²) in [7, 11) is 3.66. The van der Waals surface area contributed by atoms with E-state index in [1.165, 1.54) is 30.4 Å². The van der Waals surface area contributed by atoms with Crippen LogP contribution in [-0.4, -0.2) is 61.5 Å². The van der Waals surface area contributed by atoms with Crippen LogP contribution in [0.4, 0.5) is 0 Å². The molecule has 1 amide bonds. The summed E-state index contributed by atoms with van der Waals surface area (Å²) in [5.74, 6) is 0.928. The summed E-state index contributed by atoms with van der Waals surface area (Å²) < 4.78 is 0. The van der Waals surface area contributed by atoms with Crippen LogP contribution < -0.4 is 5.32 Å². The second kappa shape index (κ2) is 11.8. The van der Waals surface area contributed by atoms with Gasteiger partial charge in [0.25, 0.3) is 0 Å². The van der Waals surface area contributed by atoms with Gasteiger partial charge in [-0.15, -0.1) is 24.8 Å². The lowest BCUT2D eigenvalue weighted by atomic mass is 10.0. The number of hydrogen-bond acceptors (Lipinski definition) is 3. The van der Waals surface area contributed by atoms with E-state index in [2.05, 4.69) is 53.5 Å². The summed E-state index contributed by atoms with van der Waals surface area (Å²) in [5, 5.41) is 3.87. The zero-order valence-electron chi connectivity index (χ0n) is 17.3. The minimum Gasteiger partial charge on any atom is -0.349 e. The van der Waals surface area contributed by atoms with Crippen molar-refractivity contribution in [2.45, 2.75) is 44.7 Å². The summed E-state index contributed by atoms with van der Waals surface area (Å²) in [6, 6.07) is 11.9. The molecule has 2 atom stereocenters. The fourth-order valence-electron chi connectivity index (χ4n) is 3.90. The molecule has 0 spiro atoms. The number of likely N-dealkylation sites (tertiary alicyclic amines) is 1. The van der Waals surface area contributed by atoms with E-state index in [0.717, 1.165) is 19.6 Å². The second-order valence-electron chi connectivity index (χ2n) is 8.07. The largest absolute Gasteiger partial charge is 0.349 e. The van der Waals surface area contributed by atoms with Crippen LogP contribution in [0.1, 0.15) is 38.2 Å². The monoisotopic (exact) mass is 427 g/mol. The number of carbonyl (C=O) groups is 1. The average molecular weight is 428 g/mol. The number of halogens is 2. The highest BCUT2D eigenvalue weighted by Crippen LogP contribution is 2.38. The van der Waals surface area contributed by atoms with Crippen LogP contribution in [0.5, 0.6) is 0 Å². The highest BCUT2D eigenvalue weighted by molar-refractivity contribution is 5.85. The van der Waals surface area contributed by atoms with E-state index in [1.54, 1.807) is 4.90 Å². The Hall–Kier alpha value is -1.07. The Bertz CT molecular complexity index is 628. The molecule has 1 aliphatic carbocycles. The Kier molecular flexibility index (Phi) is 10.5. The number of hydrogen-bond donors (Lipinski definition) is 1. The number of rotatable bonds is 7. The van der Waals surface area contributed by atoms with Crippen LogP contribution in [0, 0.1) is 5.92 Å². The summed E-state index contributed by atoms with van der Waals surface area (Å²) in [6.07, 6.45) is 6.63. The molecule has 1 aliphatic heterocycles. The van der Waals surface area contributed by atoms with Gasteiger partial charge in [-0.25, -0.2) is 0 Å². The number of nitrogens with zero attached hydrogens (tertiary/aromatic N) is 2. The molecule has 0 unspecified atom stereocenters. The molecule has 1 saturated heterocycles. The molecule has 3 rings (SSSR count). The Balaban J connectivity index is 0.00000196. The molecule has 1 saturated carbocycles. The van der Waals surface area contributed by atoms with Gasteiger partial charge in [-0.2, -0.15) is 0 Å². The van der Waals surface area contributed by atoms with Gasteiger partial charge in [0.05, 0.1) is 0 Å². The smallest absolute Gasteiger partial charge is 0.223 e. The lowest BCUT2D eigenvalue weighted by Crippen LogP contribution is -2.44. The molecule has 0 aromatic heterocycles. The van der Waals surface area contributed by atoms with Gasteiger partial charge in [-0.05, 0) is 50.8 Å². The highest BCUT2D eigenvalue weighted by atomic mass is 35.5. The molecule has 28 heavy (non-hydrogen) atoms. The molecule has 0 radical (unpaired) electrons. The van der Waals surface area contributed by atoms with Gasteiger partial charge in [0, 0.05) is 39.1 Å². The quantitative estimate of drug-likeness (QED) is 0.717. The number of carbonyl (C=O) groups excluding carboxylic acids is 1. The molecule has 2 aliphatic rings. The summed E-state index contributed by atoms with van der Waals surface area (Å²) in [5.41, 5.74) is 2.80. The number of nitrogens with one attached hydrogen (secondary N) is 1. The van der Waals surface area contributed by atoms with Crippen LogP contribution in [0.3, 0.4) is 0 Å². The lowest BCUT2D eigenvalue weighted by molar-refractivity contribution is -0.129. The van der Waals surface area contributed by atoms with Crippen LogP contribution >= 0.6 is 24.8 Å². The van der Waals surface area contributed by atoms with Crippen molar-refractivity contribution in [3.63, 3.8) is 0 Å². The molecule has 2 fully saturated rings. The summed E-state index contributed by atoms with van der Waals surface area (Å²) in [6.45, 7) is 5.38. The van der Waals surface area contributed by atoms with Crippen molar-refractivity contribution < 1.29 is 4.79 Å². The Labute approximate surface area is 182 Å². The van der Waals surface area contributed by atoms with E-state index in [4.69, 9.17) is 0 Å². The van der Waals surface area contributed by atoms with Crippen molar-refractivity contribution in [1.82, 2.24) is 15.1 Å². The normalized spacial score (nSPS) is 22.8. The molecule has 1 N–H and O–H groups in total. The van der Waals surface area contributed by atoms with Crippen molar-refractivity contribution in [3.8, 4) is 0 Å². The maximum atomic E-state index is 11.7. The van der Waals surface area contributed by atoms with E-state index in [-0.39, 0.29) is 30.7 Å². The standard InChI is InChI=1S/C22H33N3O.2ClH/c1-17(15-18-7-5-4-6-8-18)20-16-21(20)23-19-9-12-25(13-10-19)14-11-22(26)24(2)3;;/h4-8,15,19-21,23H,9-14,16H2,1-3H3;2*1H/b17-15+;;/t20-,21+;;/m0../s1. The predicted molar refractivity (Wildman–Crippen MR) is 122 cm³/mol. The Morgan fingerprint density at radius 1 is 1.18 bits per heavy atom. The number of benzene rings is 1. The Morgan fingerprint density at radius 3 is 2.43 bits per heavy atom. The van der Waals surface area contributed by atoms with E-state index < -0.39 is 0 Å². The predicted octanol–water partition coefficient (Wildman–Crippen LogP) is 3.85. The molecular formula is C22H35Cl2N3O. The van der Waals surface area contributed by atoms with E-state index >= 15 is 0 Å². The fourth-order valence-corrected chi connectivity index (χ4v) is 3.90. The van der Waals surface area contributed by atoms with Crippen molar-refractivity contribution >= 4 is 36.8 Å². The zero-order chi connectivity index (χ0) is 18.5. The van der Waals surface area contributed by atoms with E-state index in [1.807, 2.05) is 14.1 Å². The molecule has 4 nitrogen and oxygen atoms in total. The topological polar surface area (TPSA) is 35.6 Å². The minimum absolute atomic E-state index is 0. The SMILES string of the molecule is C/C(=C\c1ccccc1)[C@@H]1C[C@H]1NC1CCN(CCC(=O)N(C)C)CC1.Cl.Cl. The van der Waals surface area contributed by atoms with Gasteiger partial charge in [-0.1, -0.05) is 42.0 Å². The van der Waals surface area contributed by atoms with Crippen LogP contribution in [0.25, 0.3) is 6.08 Å². The van der Waals surface area contributed by atoms with E-state index in [9.17, 15) is 4.79 Å². The van der Waals surface area contributed by atoms with Gasteiger partial charge in [0.15, 0.2) is 0 Å². The van der Waals surface area contributed by atoms with Gasteiger partial charge in [0.1, 0.15) is 0 Å². The highest BCUT2D eigenvalue weighted by Gasteiger charge is 2.39. The maximum Gasteiger partial charge on any atom is 0.223 e. The first-order chi connectivity index (χ1) is 12.5. The number of piperidine rings is 1. The van der Waals surface area contributed by atoms with Gasteiger partial charge in [0.2, 0.25) is 5.91 Å². The first-order valence-electron chi connectivity index (χ1n) is 9.94. The molecule has 158 valence electrons. The first-order valence-corrected chi connectivity index (χ1v) is 9.94. The van der Waals surface area contributed by atoms with Crippen LogP contribution in [-0.2, 0) is 4.79 Å². The van der Waals surface area contributed by atoms with Crippen molar-refractivity contribution in [2.75, 3.05) is 33.7 Å². The Morgan fingerprint density at radius 2 is 1.82 bits per heavy atom. The van der Waals surface area contributed by atoms with Crippen molar-refractivity contribution in [1.29, 1.82) is 0 Å². The molecule has 6 heteroatoms. The van der Waals surface area contributed by atoms with Crippen LogP contribution in [0.2, 0.25) is 0 Å². The third kappa shape index (κ3) is 7.40. The van der Waals surface area contributed by atoms with Crippen LogP contribution in [0.15, 0.2) is 35.9 Å². The second-order valence-corrected chi connectivity index (χ2v) is 8.07. The van der Waals surface area contributed by atoms with Gasteiger partial charge >= 0.3 is 0 Å². The van der Waals surface area contributed by atoms with E-state index in [0.29, 0.717) is 24.4 Å². The maximum absolute atomic E-state index is 11.7. The minimum atomic E-state index is 0. The third-order valence-electron chi connectivity index (χ3n) is 5.75. The zero-order valence-corrected chi connectivity index (χ0v) is 18.9.